The molecule has 1 saturated heterocycles. The molecule has 2 aromatic heterocycles. The molecule has 0 saturated carbocycles. The molecule has 1 fully saturated rings. The zero-order valence-electron chi connectivity index (χ0n) is 18.3. The van der Waals surface area contributed by atoms with E-state index in [-0.39, 0.29) is 23.1 Å². The Bertz CT molecular complexity index is 1190. The molecule has 0 atom stereocenters. The van der Waals surface area contributed by atoms with Crippen LogP contribution < -0.4 is 5.56 Å². The van der Waals surface area contributed by atoms with E-state index in [0.717, 1.165) is 16.5 Å². The molecule has 8 heteroatoms. The Labute approximate surface area is 186 Å². The van der Waals surface area contributed by atoms with Gasteiger partial charge in [-0.25, -0.2) is 9.78 Å². The smallest absolute Gasteiger partial charge is 0.409 e. The predicted molar refractivity (Wildman–Crippen MR) is 121 cm³/mol. The quantitative estimate of drug-likeness (QED) is 0.630. The van der Waals surface area contributed by atoms with Crippen LogP contribution in [0, 0.1) is 6.92 Å². The van der Waals surface area contributed by atoms with Crippen molar-refractivity contribution in [3.63, 3.8) is 0 Å². The van der Waals surface area contributed by atoms with Gasteiger partial charge in [0.15, 0.2) is 0 Å². The van der Waals surface area contributed by atoms with Gasteiger partial charge in [-0.05, 0) is 37.6 Å². The van der Waals surface area contributed by atoms with Gasteiger partial charge in [0.2, 0.25) is 0 Å². The van der Waals surface area contributed by atoms with Gasteiger partial charge in [-0.1, -0.05) is 29.8 Å². The van der Waals surface area contributed by atoms with Crippen LogP contribution in [0.1, 0.15) is 28.4 Å². The minimum atomic E-state index is -0.378. The number of rotatable bonds is 4. The monoisotopic (exact) mass is 434 g/mol. The summed E-state index contributed by atoms with van der Waals surface area (Å²) in [5, 5.41) is 0.729. The van der Waals surface area contributed by atoms with Gasteiger partial charge >= 0.3 is 6.09 Å². The maximum atomic E-state index is 13.4. The van der Waals surface area contributed by atoms with Gasteiger partial charge in [0.05, 0.1) is 13.2 Å². The maximum absolute atomic E-state index is 13.4. The Morgan fingerprint density at radius 3 is 2.41 bits per heavy atom. The van der Waals surface area contributed by atoms with Gasteiger partial charge in [-0.2, -0.15) is 0 Å². The number of pyridine rings is 2. The standard InChI is InChI=1S/C24H26N4O4/c1-3-32-24(31)27-13-11-26(12-14-27)22(29)20-15-19-5-4-10-25-21(19)28(23(20)30)16-18-8-6-17(2)7-9-18/h4-10,15H,3,11-14,16H2,1-2H3. The van der Waals surface area contributed by atoms with E-state index in [9.17, 15) is 14.4 Å². The Hall–Kier alpha value is -3.68. The van der Waals surface area contributed by atoms with Crippen molar-refractivity contribution < 1.29 is 14.3 Å². The highest BCUT2D eigenvalue weighted by Gasteiger charge is 2.27. The molecule has 1 aliphatic heterocycles. The van der Waals surface area contributed by atoms with Crippen molar-refractivity contribution >= 4 is 23.0 Å². The van der Waals surface area contributed by atoms with E-state index in [1.807, 2.05) is 37.3 Å². The lowest BCUT2D eigenvalue weighted by atomic mass is 10.1. The number of aryl methyl sites for hydroxylation is 1. The van der Waals surface area contributed by atoms with E-state index >= 15 is 0 Å². The van der Waals surface area contributed by atoms with Crippen LogP contribution in [0.5, 0.6) is 0 Å². The number of fused-ring (bicyclic) bond motifs is 1. The minimum absolute atomic E-state index is 0.113. The Morgan fingerprint density at radius 2 is 1.72 bits per heavy atom. The third kappa shape index (κ3) is 4.34. The summed E-state index contributed by atoms with van der Waals surface area (Å²) in [7, 11) is 0. The number of amides is 2. The summed E-state index contributed by atoms with van der Waals surface area (Å²) >= 11 is 0. The summed E-state index contributed by atoms with van der Waals surface area (Å²) in [4.78, 5) is 46.2. The number of piperazine rings is 1. The molecule has 0 bridgehead atoms. The number of benzene rings is 1. The van der Waals surface area contributed by atoms with Crippen molar-refractivity contribution in [3.8, 4) is 0 Å². The van der Waals surface area contributed by atoms with Gasteiger partial charge in [0.1, 0.15) is 11.2 Å². The topological polar surface area (TPSA) is 84.7 Å². The van der Waals surface area contributed by atoms with Crippen LogP contribution in [0.25, 0.3) is 11.0 Å². The van der Waals surface area contributed by atoms with E-state index in [1.165, 1.54) is 0 Å². The molecular formula is C24H26N4O4. The third-order valence-corrected chi connectivity index (χ3v) is 5.63. The molecule has 3 heterocycles. The largest absolute Gasteiger partial charge is 0.450 e. The van der Waals surface area contributed by atoms with E-state index in [4.69, 9.17) is 4.74 Å². The van der Waals surface area contributed by atoms with Crippen molar-refractivity contribution in [2.75, 3.05) is 32.8 Å². The second-order valence-corrected chi connectivity index (χ2v) is 7.83. The fourth-order valence-electron chi connectivity index (χ4n) is 3.86. The molecule has 166 valence electrons. The van der Waals surface area contributed by atoms with Crippen molar-refractivity contribution in [3.05, 3.63) is 75.7 Å². The molecular weight excluding hydrogens is 408 g/mol. The lowest BCUT2D eigenvalue weighted by Gasteiger charge is -2.34. The Balaban J connectivity index is 1.64. The predicted octanol–water partition coefficient (Wildman–Crippen LogP) is 2.67. The van der Waals surface area contributed by atoms with Gasteiger partial charge in [0, 0.05) is 37.8 Å². The van der Waals surface area contributed by atoms with Gasteiger partial charge in [-0.3, -0.25) is 14.2 Å². The molecule has 0 N–H and O–H groups in total. The molecule has 8 nitrogen and oxygen atoms in total. The van der Waals surface area contributed by atoms with Crippen molar-refractivity contribution in [1.29, 1.82) is 0 Å². The average molecular weight is 434 g/mol. The first kappa shape index (κ1) is 21.5. The zero-order valence-corrected chi connectivity index (χ0v) is 18.3. The summed E-state index contributed by atoms with van der Waals surface area (Å²) in [6.45, 7) is 5.84. The number of nitrogens with zero attached hydrogens (tertiary/aromatic N) is 4. The second-order valence-electron chi connectivity index (χ2n) is 7.83. The van der Waals surface area contributed by atoms with E-state index in [2.05, 4.69) is 4.98 Å². The molecule has 1 aliphatic rings. The van der Waals surface area contributed by atoms with Crippen LogP contribution >= 0.6 is 0 Å². The number of ether oxygens (including phenoxy) is 1. The maximum Gasteiger partial charge on any atom is 0.409 e. The molecule has 0 aliphatic carbocycles. The van der Waals surface area contributed by atoms with Gasteiger partial charge in [0.25, 0.3) is 11.5 Å². The van der Waals surface area contributed by atoms with Gasteiger partial charge in [-0.15, -0.1) is 0 Å². The number of hydrogen-bond acceptors (Lipinski definition) is 5. The molecule has 1 aromatic carbocycles. The van der Waals surface area contributed by atoms with Crippen molar-refractivity contribution in [1.82, 2.24) is 19.4 Å². The molecule has 0 unspecified atom stereocenters. The van der Waals surface area contributed by atoms with Crippen LogP contribution in [0.3, 0.4) is 0 Å². The third-order valence-electron chi connectivity index (χ3n) is 5.63. The van der Waals surface area contributed by atoms with Crippen LogP contribution in [-0.4, -0.2) is 64.1 Å². The SMILES string of the molecule is CCOC(=O)N1CCN(C(=O)c2cc3cccnc3n(Cc3ccc(C)cc3)c2=O)CC1. The number of aromatic nitrogens is 2. The minimum Gasteiger partial charge on any atom is -0.450 e. The normalized spacial score (nSPS) is 13.9. The molecule has 0 spiro atoms. The number of carbonyl (C=O) groups excluding carboxylic acids is 2. The lowest BCUT2D eigenvalue weighted by molar-refractivity contribution is 0.0569. The first-order valence-corrected chi connectivity index (χ1v) is 10.7. The van der Waals surface area contributed by atoms with Crippen LogP contribution in [-0.2, 0) is 11.3 Å². The zero-order chi connectivity index (χ0) is 22.7. The number of carbonyl (C=O) groups is 2. The second kappa shape index (κ2) is 9.21. The average Bonchev–Trinajstić information content (AvgIpc) is 2.82. The first-order valence-electron chi connectivity index (χ1n) is 10.7. The van der Waals surface area contributed by atoms with Crippen LogP contribution in [0.2, 0.25) is 0 Å². The molecule has 3 aromatic rings. The fourth-order valence-corrected chi connectivity index (χ4v) is 3.86. The van der Waals surface area contributed by atoms with Crippen molar-refractivity contribution in [2.24, 2.45) is 0 Å². The Morgan fingerprint density at radius 1 is 1.03 bits per heavy atom. The van der Waals surface area contributed by atoms with Crippen molar-refractivity contribution in [2.45, 2.75) is 20.4 Å². The van der Waals surface area contributed by atoms with Gasteiger partial charge < -0.3 is 14.5 Å². The molecule has 2 amide bonds. The first-order chi connectivity index (χ1) is 15.5. The van der Waals surface area contributed by atoms with Crippen LogP contribution in [0.15, 0.2) is 53.5 Å². The fraction of sp³-hybridized carbons (Fsp3) is 0.333. The summed E-state index contributed by atoms with van der Waals surface area (Å²) in [6, 6.07) is 13.2. The summed E-state index contributed by atoms with van der Waals surface area (Å²) in [6.07, 6.45) is 1.26. The number of hydrogen-bond donors (Lipinski definition) is 0. The van der Waals surface area contributed by atoms with E-state index in [0.29, 0.717) is 45.0 Å². The summed E-state index contributed by atoms with van der Waals surface area (Å²) < 4.78 is 6.59. The molecule has 32 heavy (non-hydrogen) atoms. The van der Waals surface area contributed by atoms with Crippen LogP contribution in [0.4, 0.5) is 4.79 Å². The summed E-state index contributed by atoms with van der Waals surface area (Å²) in [5.74, 6) is -0.332. The highest BCUT2D eigenvalue weighted by molar-refractivity contribution is 5.97. The molecule has 4 rings (SSSR count). The van der Waals surface area contributed by atoms with E-state index in [1.54, 1.807) is 39.6 Å². The van der Waals surface area contributed by atoms with E-state index < -0.39 is 0 Å². The highest BCUT2D eigenvalue weighted by Crippen LogP contribution is 2.15. The highest BCUT2D eigenvalue weighted by atomic mass is 16.6. The molecule has 0 radical (unpaired) electrons. The Kier molecular flexibility index (Phi) is 6.20. The lowest BCUT2D eigenvalue weighted by Crippen LogP contribution is -2.51. The summed E-state index contributed by atoms with van der Waals surface area (Å²) in [5.41, 5.74) is 2.38.